The molecule has 2 aromatic heterocycles. The minimum atomic E-state index is -0.00918. The van der Waals surface area contributed by atoms with E-state index in [9.17, 15) is 4.79 Å². The average molecular weight is 385 g/mol. The number of ether oxygens (including phenoxy) is 1. The van der Waals surface area contributed by atoms with Gasteiger partial charge in [0.25, 0.3) is 5.91 Å². The zero-order valence-corrected chi connectivity index (χ0v) is 16.3. The fourth-order valence-corrected chi connectivity index (χ4v) is 4.08. The molecule has 0 bridgehead atoms. The Balaban J connectivity index is 1.51. The molecule has 4 rings (SSSR count). The Morgan fingerprint density at radius 1 is 1.26 bits per heavy atom. The quantitative estimate of drug-likeness (QED) is 0.655. The summed E-state index contributed by atoms with van der Waals surface area (Å²) >= 11 is 1.56. The second-order valence-corrected chi connectivity index (χ2v) is 7.69. The zero-order valence-electron chi connectivity index (χ0n) is 15.5. The summed E-state index contributed by atoms with van der Waals surface area (Å²) in [6.07, 6.45) is 2.84. The molecule has 3 heterocycles. The van der Waals surface area contributed by atoms with Crippen LogP contribution >= 0.6 is 11.3 Å². The maximum atomic E-state index is 13.1. The van der Waals surface area contributed by atoms with Crippen LogP contribution in [0.1, 0.15) is 21.7 Å². The lowest BCUT2D eigenvalue weighted by molar-refractivity contribution is 0.0333. The summed E-state index contributed by atoms with van der Waals surface area (Å²) in [5, 5.41) is 2.01. The summed E-state index contributed by atoms with van der Waals surface area (Å²) in [6.45, 7) is 4.64. The van der Waals surface area contributed by atoms with E-state index in [0.717, 1.165) is 49.9 Å². The molecular weight excluding hydrogens is 360 g/mol. The van der Waals surface area contributed by atoms with Gasteiger partial charge in [-0.05, 0) is 12.0 Å². The maximum Gasteiger partial charge on any atom is 0.274 e. The van der Waals surface area contributed by atoms with Gasteiger partial charge in [-0.2, -0.15) is 0 Å². The summed E-state index contributed by atoms with van der Waals surface area (Å²) < 4.78 is 7.50. The van der Waals surface area contributed by atoms with Crippen molar-refractivity contribution < 1.29 is 9.53 Å². The molecule has 0 unspecified atom stereocenters. The number of hydrogen-bond acceptors (Lipinski definition) is 5. The van der Waals surface area contributed by atoms with Gasteiger partial charge in [-0.3, -0.25) is 14.1 Å². The minimum Gasteiger partial charge on any atom is -0.379 e. The number of nitrogens with zero attached hydrogens (tertiary/aromatic N) is 4. The Kier molecular flexibility index (Phi) is 5.52. The summed E-state index contributed by atoms with van der Waals surface area (Å²) in [6, 6.07) is 10.2. The smallest absolute Gasteiger partial charge is 0.274 e. The Bertz CT molecular complexity index is 899. The lowest BCUT2D eigenvalue weighted by Crippen LogP contribution is -2.37. The molecule has 1 saturated heterocycles. The highest BCUT2D eigenvalue weighted by Gasteiger charge is 2.24. The molecule has 1 amide bonds. The number of carbonyl (C=O) groups is 1. The number of amides is 1. The van der Waals surface area contributed by atoms with Crippen molar-refractivity contribution >= 4 is 22.2 Å². The Labute approximate surface area is 163 Å². The molecule has 27 heavy (non-hydrogen) atoms. The molecule has 0 radical (unpaired) electrons. The standard InChI is InChI=1S/C20H24N4O2S/c1-22(8-7-16-5-3-2-4-6-16)19(25)18-17(15-23-9-12-26-13-10-23)24-11-14-27-20(24)21-18/h2-6,11,14H,7-10,12-13,15H2,1H3. The largest absolute Gasteiger partial charge is 0.379 e. The van der Waals surface area contributed by atoms with Crippen LogP contribution in [0.15, 0.2) is 41.9 Å². The number of likely N-dealkylation sites (N-methyl/N-ethyl adjacent to an activating group) is 1. The first-order valence-corrected chi connectivity index (χ1v) is 10.1. The van der Waals surface area contributed by atoms with E-state index in [2.05, 4.69) is 26.4 Å². The molecule has 1 aliphatic rings. The highest BCUT2D eigenvalue weighted by Crippen LogP contribution is 2.21. The van der Waals surface area contributed by atoms with Gasteiger partial charge in [-0.15, -0.1) is 11.3 Å². The molecule has 6 nitrogen and oxygen atoms in total. The van der Waals surface area contributed by atoms with Crippen LogP contribution in [0, 0.1) is 0 Å². The van der Waals surface area contributed by atoms with Crippen LogP contribution in [-0.4, -0.2) is 65.0 Å². The highest BCUT2D eigenvalue weighted by atomic mass is 32.1. The van der Waals surface area contributed by atoms with Crippen molar-refractivity contribution in [2.45, 2.75) is 13.0 Å². The third-order valence-electron chi connectivity index (χ3n) is 4.97. The first-order chi connectivity index (χ1) is 13.2. The van der Waals surface area contributed by atoms with Crippen molar-refractivity contribution in [3.63, 3.8) is 0 Å². The summed E-state index contributed by atoms with van der Waals surface area (Å²) in [5.41, 5.74) is 2.78. The van der Waals surface area contributed by atoms with E-state index >= 15 is 0 Å². The van der Waals surface area contributed by atoms with Crippen LogP contribution in [0.4, 0.5) is 0 Å². The lowest BCUT2D eigenvalue weighted by Gasteiger charge is -2.26. The van der Waals surface area contributed by atoms with Crippen molar-refractivity contribution in [2.75, 3.05) is 39.9 Å². The molecular formula is C20H24N4O2S. The van der Waals surface area contributed by atoms with Gasteiger partial charge in [0.2, 0.25) is 0 Å². The third kappa shape index (κ3) is 4.05. The van der Waals surface area contributed by atoms with Crippen LogP contribution in [0.25, 0.3) is 4.96 Å². The van der Waals surface area contributed by atoms with Gasteiger partial charge in [-0.1, -0.05) is 30.3 Å². The maximum absolute atomic E-state index is 13.1. The predicted molar refractivity (Wildman–Crippen MR) is 106 cm³/mol. The SMILES string of the molecule is CN(CCc1ccccc1)C(=O)c1nc2sccn2c1CN1CCOCC1. The van der Waals surface area contributed by atoms with Crippen molar-refractivity contribution in [2.24, 2.45) is 0 Å². The Hall–Kier alpha value is -2.22. The van der Waals surface area contributed by atoms with Gasteiger partial charge in [0.15, 0.2) is 10.7 Å². The zero-order chi connectivity index (χ0) is 18.6. The van der Waals surface area contributed by atoms with Crippen molar-refractivity contribution in [3.8, 4) is 0 Å². The number of carbonyl (C=O) groups excluding carboxylic acids is 1. The molecule has 1 aliphatic heterocycles. The normalized spacial score (nSPS) is 15.3. The molecule has 142 valence electrons. The number of hydrogen-bond donors (Lipinski definition) is 0. The van der Waals surface area contributed by atoms with E-state index in [-0.39, 0.29) is 5.91 Å². The minimum absolute atomic E-state index is 0.00918. The number of aromatic nitrogens is 2. The van der Waals surface area contributed by atoms with E-state index in [1.54, 1.807) is 16.2 Å². The van der Waals surface area contributed by atoms with Crippen LogP contribution in [-0.2, 0) is 17.7 Å². The number of benzene rings is 1. The molecule has 3 aromatic rings. The highest BCUT2D eigenvalue weighted by molar-refractivity contribution is 7.15. The van der Waals surface area contributed by atoms with E-state index in [1.807, 2.05) is 36.8 Å². The molecule has 0 atom stereocenters. The van der Waals surface area contributed by atoms with Gasteiger partial charge >= 0.3 is 0 Å². The predicted octanol–water partition coefficient (Wildman–Crippen LogP) is 2.54. The summed E-state index contributed by atoms with van der Waals surface area (Å²) in [5.74, 6) is -0.00918. The summed E-state index contributed by atoms with van der Waals surface area (Å²) in [4.78, 5) is 22.7. The molecule has 0 N–H and O–H groups in total. The number of fused-ring (bicyclic) bond motifs is 1. The Morgan fingerprint density at radius 3 is 2.81 bits per heavy atom. The topological polar surface area (TPSA) is 50.1 Å². The van der Waals surface area contributed by atoms with Gasteiger partial charge in [0, 0.05) is 44.8 Å². The molecule has 0 saturated carbocycles. The number of rotatable bonds is 6. The van der Waals surface area contributed by atoms with Gasteiger partial charge in [0.1, 0.15) is 0 Å². The molecule has 1 aromatic carbocycles. The number of morpholine rings is 1. The van der Waals surface area contributed by atoms with Crippen LogP contribution in [0.2, 0.25) is 0 Å². The Morgan fingerprint density at radius 2 is 2.04 bits per heavy atom. The molecule has 0 spiro atoms. The second kappa shape index (κ2) is 8.21. The average Bonchev–Trinajstić information content (AvgIpc) is 3.30. The second-order valence-electron chi connectivity index (χ2n) is 6.81. The first kappa shape index (κ1) is 18.2. The van der Waals surface area contributed by atoms with E-state index in [0.29, 0.717) is 12.2 Å². The number of imidazole rings is 1. The lowest BCUT2D eigenvalue weighted by atomic mass is 10.1. The van der Waals surface area contributed by atoms with Gasteiger partial charge in [0.05, 0.1) is 18.9 Å². The fraction of sp³-hybridized carbons (Fsp3) is 0.400. The van der Waals surface area contributed by atoms with Crippen molar-refractivity contribution in [3.05, 3.63) is 58.9 Å². The van der Waals surface area contributed by atoms with Crippen LogP contribution in [0.3, 0.4) is 0 Å². The molecule has 0 aliphatic carbocycles. The van der Waals surface area contributed by atoms with Crippen LogP contribution < -0.4 is 0 Å². The van der Waals surface area contributed by atoms with Gasteiger partial charge in [-0.25, -0.2) is 4.98 Å². The van der Waals surface area contributed by atoms with E-state index in [1.165, 1.54) is 5.56 Å². The van der Waals surface area contributed by atoms with Crippen LogP contribution in [0.5, 0.6) is 0 Å². The van der Waals surface area contributed by atoms with Gasteiger partial charge < -0.3 is 9.64 Å². The number of thiazole rings is 1. The van der Waals surface area contributed by atoms with E-state index in [4.69, 9.17) is 4.74 Å². The van der Waals surface area contributed by atoms with Crippen molar-refractivity contribution in [1.82, 2.24) is 19.2 Å². The fourth-order valence-electron chi connectivity index (χ4n) is 3.35. The first-order valence-electron chi connectivity index (χ1n) is 9.26. The third-order valence-corrected chi connectivity index (χ3v) is 5.72. The molecule has 7 heteroatoms. The van der Waals surface area contributed by atoms with Crippen molar-refractivity contribution in [1.29, 1.82) is 0 Å². The molecule has 1 fully saturated rings. The monoisotopic (exact) mass is 384 g/mol. The summed E-state index contributed by atoms with van der Waals surface area (Å²) in [7, 11) is 1.86. The van der Waals surface area contributed by atoms with E-state index < -0.39 is 0 Å².